The molecule has 2 aliphatic rings. The predicted molar refractivity (Wildman–Crippen MR) is 150 cm³/mol. The maximum absolute atomic E-state index is 14.2. The molecular formula is C31H34N2O7. The minimum atomic E-state index is -0.681. The van der Waals surface area contributed by atoms with Crippen molar-refractivity contribution >= 4 is 17.5 Å². The number of carbonyl (C=O) groups is 2. The molecular weight excluding hydrogens is 512 g/mol. The SMILES string of the molecule is CCOc1cc2c(cc1OCC)[C@@H]1[C@@H](C(=O)Nc3cc(OC)c(OC)c(OC)c3)c3ccccc3C(=O)N1CC2. The second-order valence-electron chi connectivity index (χ2n) is 9.53. The van der Waals surface area contributed by atoms with Crippen molar-refractivity contribution in [2.45, 2.75) is 32.2 Å². The third-order valence-corrected chi connectivity index (χ3v) is 7.40. The van der Waals surface area contributed by atoms with Crippen molar-refractivity contribution in [1.29, 1.82) is 0 Å². The van der Waals surface area contributed by atoms with E-state index in [2.05, 4.69) is 5.32 Å². The Morgan fingerprint density at radius 3 is 2.15 bits per heavy atom. The summed E-state index contributed by atoms with van der Waals surface area (Å²) < 4.78 is 28.2. The van der Waals surface area contributed by atoms with Gasteiger partial charge in [-0.1, -0.05) is 18.2 Å². The molecule has 2 amide bonds. The fraction of sp³-hybridized carbons (Fsp3) is 0.355. The Labute approximate surface area is 233 Å². The molecule has 0 saturated carbocycles. The van der Waals surface area contributed by atoms with Gasteiger partial charge in [0, 0.05) is 29.9 Å². The number of carbonyl (C=O) groups excluding carboxylic acids is 2. The monoisotopic (exact) mass is 546 g/mol. The van der Waals surface area contributed by atoms with Crippen molar-refractivity contribution in [3.05, 3.63) is 70.8 Å². The molecule has 40 heavy (non-hydrogen) atoms. The number of rotatable bonds is 9. The number of amides is 2. The van der Waals surface area contributed by atoms with Gasteiger partial charge >= 0.3 is 0 Å². The number of hydrogen-bond donors (Lipinski definition) is 1. The number of hydrogen-bond acceptors (Lipinski definition) is 7. The Balaban J connectivity index is 1.62. The first kappa shape index (κ1) is 27.2. The van der Waals surface area contributed by atoms with Crippen LogP contribution in [0.1, 0.15) is 52.9 Å². The summed E-state index contributed by atoms with van der Waals surface area (Å²) in [6.45, 7) is 5.28. The Kier molecular flexibility index (Phi) is 7.73. The van der Waals surface area contributed by atoms with Gasteiger partial charge in [0.2, 0.25) is 11.7 Å². The summed E-state index contributed by atoms with van der Waals surface area (Å²) in [7, 11) is 4.57. The average molecular weight is 547 g/mol. The number of fused-ring (bicyclic) bond motifs is 4. The van der Waals surface area contributed by atoms with E-state index in [1.807, 2.05) is 44.2 Å². The van der Waals surface area contributed by atoms with Crippen LogP contribution >= 0.6 is 0 Å². The number of nitrogens with one attached hydrogen (secondary N) is 1. The van der Waals surface area contributed by atoms with Gasteiger partial charge in [-0.05, 0) is 55.2 Å². The molecule has 2 heterocycles. The maximum atomic E-state index is 14.2. The summed E-state index contributed by atoms with van der Waals surface area (Å²) in [5, 5.41) is 3.06. The van der Waals surface area contributed by atoms with Gasteiger partial charge in [0.15, 0.2) is 23.0 Å². The molecule has 0 spiro atoms. The molecule has 1 N–H and O–H groups in total. The Morgan fingerprint density at radius 2 is 1.52 bits per heavy atom. The molecule has 0 bridgehead atoms. The van der Waals surface area contributed by atoms with Crippen LogP contribution in [0.4, 0.5) is 5.69 Å². The van der Waals surface area contributed by atoms with Crippen molar-refractivity contribution in [3.63, 3.8) is 0 Å². The topological polar surface area (TPSA) is 95.6 Å². The normalized spacial score (nSPS) is 17.2. The average Bonchev–Trinajstić information content (AvgIpc) is 2.97. The summed E-state index contributed by atoms with van der Waals surface area (Å²) >= 11 is 0. The van der Waals surface area contributed by atoms with Gasteiger partial charge in [-0.3, -0.25) is 9.59 Å². The second-order valence-corrected chi connectivity index (χ2v) is 9.53. The molecule has 3 aromatic carbocycles. The highest BCUT2D eigenvalue weighted by Gasteiger charge is 2.46. The van der Waals surface area contributed by atoms with Crippen molar-refractivity contribution in [2.75, 3.05) is 46.4 Å². The van der Waals surface area contributed by atoms with Crippen LogP contribution < -0.4 is 29.0 Å². The van der Waals surface area contributed by atoms with E-state index in [0.717, 1.165) is 11.1 Å². The fourth-order valence-corrected chi connectivity index (χ4v) is 5.73. The number of nitrogens with zero attached hydrogens (tertiary/aromatic N) is 1. The third kappa shape index (κ3) is 4.65. The first-order valence-electron chi connectivity index (χ1n) is 13.4. The molecule has 5 rings (SSSR count). The molecule has 9 heteroatoms. The molecule has 2 atom stereocenters. The lowest BCUT2D eigenvalue weighted by molar-refractivity contribution is -0.119. The summed E-state index contributed by atoms with van der Waals surface area (Å²) in [4.78, 5) is 29.7. The zero-order valence-corrected chi connectivity index (χ0v) is 23.4. The first-order chi connectivity index (χ1) is 19.4. The largest absolute Gasteiger partial charge is 0.493 e. The molecule has 0 saturated heterocycles. The van der Waals surface area contributed by atoms with Gasteiger partial charge in [-0.2, -0.15) is 0 Å². The Hall–Kier alpha value is -4.40. The zero-order valence-electron chi connectivity index (χ0n) is 23.4. The van der Waals surface area contributed by atoms with Crippen molar-refractivity contribution in [2.24, 2.45) is 0 Å². The summed E-state index contributed by atoms with van der Waals surface area (Å²) in [5.41, 5.74) is 3.61. The smallest absolute Gasteiger partial charge is 0.254 e. The minimum Gasteiger partial charge on any atom is -0.493 e. The molecule has 0 radical (unpaired) electrons. The molecule has 2 aliphatic heterocycles. The van der Waals surface area contributed by atoms with Gasteiger partial charge < -0.3 is 33.9 Å². The molecule has 0 aromatic heterocycles. The third-order valence-electron chi connectivity index (χ3n) is 7.40. The van der Waals surface area contributed by atoms with E-state index < -0.39 is 12.0 Å². The van der Waals surface area contributed by atoms with Gasteiger partial charge in [0.1, 0.15) is 0 Å². The van der Waals surface area contributed by atoms with Crippen LogP contribution in [0.25, 0.3) is 0 Å². The van der Waals surface area contributed by atoms with Crippen LogP contribution in [-0.2, 0) is 11.2 Å². The molecule has 0 fully saturated rings. The van der Waals surface area contributed by atoms with Crippen LogP contribution in [0.2, 0.25) is 0 Å². The van der Waals surface area contributed by atoms with Crippen LogP contribution in [-0.4, -0.2) is 57.8 Å². The highest BCUT2D eigenvalue weighted by molar-refractivity contribution is 6.04. The van der Waals surface area contributed by atoms with E-state index >= 15 is 0 Å². The first-order valence-corrected chi connectivity index (χ1v) is 13.4. The molecule has 210 valence electrons. The van der Waals surface area contributed by atoms with E-state index in [1.165, 1.54) is 21.3 Å². The van der Waals surface area contributed by atoms with Crippen LogP contribution in [0.15, 0.2) is 48.5 Å². The lowest BCUT2D eigenvalue weighted by atomic mass is 9.75. The zero-order chi connectivity index (χ0) is 28.4. The van der Waals surface area contributed by atoms with Crippen LogP contribution in [0.3, 0.4) is 0 Å². The number of ether oxygens (including phenoxy) is 5. The summed E-state index contributed by atoms with van der Waals surface area (Å²) in [6, 6.07) is 14.1. The standard InChI is InChI=1S/C31H34N2O7/c1-6-39-23-14-18-12-13-33-28(22(18)17-24(23)40-7-2)27(20-10-8-9-11-21(20)31(33)35)30(34)32-19-15-25(36-3)29(38-5)26(16-19)37-4/h8-11,14-17,27-28H,6-7,12-13H2,1-5H3,(H,32,34)/t27-,28+/m0/s1. The fourth-order valence-electron chi connectivity index (χ4n) is 5.73. The van der Waals surface area contributed by atoms with E-state index in [0.29, 0.717) is 71.7 Å². The van der Waals surface area contributed by atoms with Gasteiger partial charge in [-0.25, -0.2) is 0 Å². The predicted octanol–water partition coefficient (Wildman–Crippen LogP) is 4.99. The Bertz CT molecular complexity index is 1410. The lowest BCUT2D eigenvalue weighted by Crippen LogP contribution is -2.49. The lowest BCUT2D eigenvalue weighted by Gasteiger charge is -2.45. The minimum absolute atomic E-state index is 0.0880. The number of methoxy groups -OCH3 is 3. The van der Waals surface area contributed by atoms with E-state index in [4.69, 9.17) is 23.7 Å². The summed E-state index contributed by atoms with van der Waals surface area (Å²) in [6.07, 6.45) is 0.646. The van der Waals surface area contributed by atoms with E-state index in [9.17, 15) is 9.59 Å². The van der Waals surface area contributed by atoms with Crippen molar-refractivity contribution < 1.29 is 33.3 Å². The highest BCUT2D eigenvalue weighted by atomic mass is 16.5. The Morgan fingerprint density at radius 1 is 0.875 bits per heavy atom. The highest BCUT2D eigenvalue weighted by Crippen LogP contribution is 2.49. The van der Waals surface area contributed by atoms with Crippen molar-refractivity contribution in [1.82, 2.24) is 4.90 Å². The maximum Gasteiger partial charge on any atom is 0.254 e. The van der Waals surface area contributed by atoms with Gasteiger partial charge in [0.25, 0.3) is 5.91 Å². The van der Waals surface area contributed by atoms with Crippen LogP contribution in [0.5, 0.6) is 28.7 Å². The second kappa shape index (κ2) is 11.4. The van der Waals surface area contributed by atoms with E-state index in [1.54, 1.807) is 23.1 Å². The number of anilines is 1. The van der Waals surface area contributed by atoms with E-state index in [-0.39, 0.29) is 11.8 Å². The van der Waals surface area contributed by atoms with Crippen molar-refractivity contribution in [3.8, 4) is 28.7 Å². The molecule has 9 nitrogen and oxygen atoms in total. The quantitative estimate of drug-likeness (QED) is 0.404. The van der Waals surface area contributed by atoms with Gasteiger partial charge in [0.05, 0.1) is 46.5 Å². The molecule has 0 aliphatic carbocycles. The van der Waals surface area contributed by atoms with Crippen LogP contribution in [0, 0.1) is 0 Å². The molecule has 0 unspecified atom stereocenters. The molecule has 3 aromatic rings. The summed E-state index contributed by atoms with van der Waals surface area (Å²) in [5.74, 6) is 1.50. The number of benzene rings is 3. The van der Waals surface area contributed by atoms with Gasteiger partial charge in [-0.15, -0.1) is 0 Å².